The van der Waals surface area contributed by atoms with Crippen molar-refractivity contribution in [1.82, 2.24) is 14.0 Å². The highest BCUT2D eigenvalue weighted by atomic mass is 19.4. The Bertz CT molecular complexity index is 1870. The second-order valence-corrected chi connectivity index (χ2v) is 11.1. The van der Waals surface area contributed by atoms with Gasteiger partial charge in [-0.2, -0.15) is 13.2 Å². The smallest absolute Gasteiger partial charge is 0.416 e. The summed E-state index contributed by atoms with van der Waals surface area (Å²) in [5, 5.41) is 0. The van der Waals surface area contributed by atoms with Crippen LogP contribution in [0.25, 0.3) is 11.1 Å². The zero-order valence-electron chi connectivity index (χ0n) is 26.9. The molecule has 0 N–H and O–H groups in total. The van der Waals surface area contributed by atoms with Gasteiger partial charge < -0.3 is 9.47 Å². The second kappa shape index (κ2) is 15.4. The molecule has 256 valence electrons. The fourth-order valence-electron chi connectivity index (χ4n) is 5.67. The number of methoxy groups -OCH3 is 1. The molecule has 0 aliphatic rings. The average Bonchev–Trinajstić information content (AvgIpc) is 3.04. The van der Waals surface area contributed by atoms with Crippen molar-refractivity contribution >= 4 is 5.97 Å². The molecule has 0 radical (unpaired) electrons. The molecule has 4 aromatic rings. The molecule has 0 aliphatic heterocycles. The Morgan fingerprint density at radius 2 is 1.65 bits per heavy atom. The molecule has 0 aliphatic carbocycles. The van der Waals surface area contributed by atoms with E-state index in [1.54, 1.807) is 44.3 Å². The lowest BCUT2D eigenvalue weighted by molar-refractivity contribution is -0.143. The van der Waals surface area contributed by atoms with Gasteiger partial charge in [-0.05, 0) is 57.6 Å². The van der Waals surface area contributed by atoms with Gasteiger partial charge >= 0.3 is 17.8 Å². The summed E-state index contributed by atoms with van der Waals surface area (Å²) in [5.74, 6) is -2.70. The van der Waals surface area contributed by atoms with E-state index < -0.39 is 52.8 Å². The first kappa shape index (κ1) is 36.1. The molecule has 0 fully saturated rings. The highest BCUT2D eigenvalue weighted by molar-refractivity contribution is 5.69. The summed E-state index contributed by atoms with van der Waals surface area (Å²) >= 11 is 0. The van der Waals surface area contributed by atoms with Gasteiger partial charge in [0.1, 0.15) is 5.82 Å². The van der Waals surface area contributed by atoms with E-state index in [1.165, 1.54) is 32.2 Å². The van der Waals surface area contributed by atoms with Crippen LogP contribution in [0.4, 0.5) is 22.0 Å². The molecular weight excluding hydrogens is 637 g/mol. The third-order valence-electron chi connectivity index (χ3n) is 8.15. The molecule has 1 atom stereocenters. The minimum absolute atomic E-state index is 0.125. The number of carbonyl (C=O) groups is 1. The van der Waals surface area contributed by atoms with Gasteiger partial charge in [-0.25, -0.2) is 13.6 Å². The zero-order valence-corrected chi connectivity index (χ0v) is 26.9. The van der Waals surface area contributed by atoms with Gasteiger partial charge in [0.15, 0.2) is 11.6 Å². The van der Waals surface area contributed by atoms with Gasteiger partial charge in [0.05, 0.1) is 44.0 Å². The third-order valence-corrected chi connectivity index (χ3v) is 8.15. The molecule has 3 aromatic carbocycles. The number of rotatable bonds is 13. The van der Waals surface area contributed by atoms with E-state index in [2.05, 4.69) is 0 Å². The summed E-state index contributed by atoms with van der Waals surface area (Å²) in [6.45, 7) is 2.37. The first-order chi connectivity index (χ1) is 22.8. The van der Waals surface area contributed by atoms with Crippen molar-refractivity contribution in [3.8, 4) is 16.9 Å². The largest absolute Gasteiger partial charge is 0.494 e. The van der Waals surface area contributed by atoms with E-state index in [1.807, 2.05) is 4.90 Å². The van der Waals surface area contributed by atoms with E-state index in [4.69, 9.17) is 9.47 Å². The van der Waals surface area contributed by atoms with Crippen LogP contribution in [-0.2, 0) is 28.8 Å². The second-order valence-electron chi connectivity index (χ2n) is 11.1. The number of halogens is 5. The molecule has 1 aromatic heterocycles. The van der Waals surface area contributed by atoms with Crippen molar-refractivity contribution in [1.29, 1.82) is 0 Å². The van der Waals surface area contributed by atoms with E-state index in [0.29, 0.717) is 24.6 Å². The zero-order chi connectivity index (χ0) is 35.2. The summed E-state index contributed by atoms with van der Waals surface area (Å²) in [5.41, 5.74) is -4.03. The molecule has 0 saturated carbocycles. The summed E-state index contributed by atoms with van der Waals surface area (Å²) in [6.07, 6.45) is -4.43. The molecular formula is C35H36F5N3O5. The number of carbonyl (C=O) groups excluding carboxylic acids is 1. The number of aromatic nitrogens is 2. The highest BCUT2D eigenvalue weighted by Crippen LogP contribution is 2.34. The summed E-state index contributed by atoms with van der Waals surface area (Å²) < 4.78 is 84.5. The number of benzene rings is 3. The van der Waals surface area contributed by atoms with Gasteiger partial charge in [0, 0.05) is 23.2 Å². The average molecular weight is 674 g/mol. The highest BCUT2D eigenvalue weighted by Gasteiger charge is 2.35. The van der Waals surface area contributed by atoms with Crippen LogP contribution in [0.5, 0.6) is 5.75 Å². The first-order valence-electron chi connectivity index (χ1n) is 15.2. The lowest BCUT2D eigenvalue weighted by Gasteiger charge is -2.29. The summed E-state index contributed by atoms with van der Waals surface area (Å²) in [4.78, 5) is 42.2. The Balaban J connectivity index is 1.93. The molecule has 0 amide bonds. The molecule has 0 bridgehead atoms. The fraction of sp³-hybridized carbons (Fsp3) is 0.343. The number of alkyl halides is 3. The number of esters is 1. The lowest BCUT2D eigenvalue weighted by Crippen LogP contribution is -2.45. The van der Waals surface area contributed by atoms with Crippen LogP contribution < -0.4 is 16.0 Å². The topological polar surface area (TPSA) is 82.8 Å². The molecule has 0 unspecified atom stereocenters. The normalized spacial score (nSPS) is 12.3. The molecule has 1 heterocycles. The van der Waals surface area contributed by atoms with E-state index in [9.17, 15) is 27.6 Å². The Labute approximate surface area is 274 Å². The number of hydrogen-bond acceptors (Lipinski definition) is 6. The number of hydrogen-bond donors (Lipinski definition) is 0. The Morgan fingerprint density at radius 1 is 0.958 bits per heavy atom. The maximum absolute atomic E-state index is 15.7. The Kier molecular flexibility index (Phi) is 11.6. The minimum Gasteiger partial charge on any atom is -0.494 e. The molecule has 13 heteroatoms. The van der Waals surface area contributed by atoms with Crippen molar-refractivity contribution < 1.29 is 36.2 Å². The Morgan fingerprint density at radius 3 is 2.29 bits per heavy atom. The van der Waals surface area contributed by atoms with E-state index >= 15 is 8.78 Å². The van der Waals surface area contributed by atoms with Crippen LogP contribution in [0.2, 0.25) is 0 Å². The maximum atomic E-state index is 15.7. The number of nitrogens with zero attached hydrogens (tertiary/aromatic N) is 3. The predicted molar refractivity (Wildman–Crippen MR) is 170 cm³/mol. The van der Waals surface area contributed by atoms with Crippen molar-refractivity contribution in [2.24, 2.45) is 0 Å². The van der Waals surface area contributed by atoms with Crippen molar-refractivity contribution in [3.05, 3.63) is 122 Å². The maximum Gasteiger partial charge on any atom is 0.416 e. The molecule has 8 nitrogen and oxygen atoms in total. The van der Waals surface area contributed by atoms with E-state index in [-0.39, 0.29) is 48.1 Å². The summed E-state index contributed by atoms with van der Waals surface area (Å²) in [7, 11) is 2.96. The van der Waals surface area contributed by atoms with Gasteiger partial charge in [-0.1, -0.05) is 48.5 Å². The van der Waals surface area contributed by atoms with Crippen LogP contribution in [0.1, 0.15) is 48.2 Å². The van der Waals surface area contributed by atoms with Crippen LogP contribution in [0.15, 0.2) is 76.3 Å². The minimum atomic E-state index is -4.95. The van der Waals surface area contributed by atoms with Crippen LogP contribution >= 0.6 is 0 Å². The lowest BCUT2D eigenvalue weighted by atomic mass is 10.0. The van der Waals surface area contributed by atoms with Gasteiger partial charge in [-0.3, -0.25) is 23.6 Å². The SMILES string of the molecule is CCOC(=O)CCCN(C)[C@@H](Cn1c(=O)c(-c2cccc(OC)c2F)c(C)n(Cc2c(F)cccc2C(F)(F)F)c1=O)c1ccccc1. The number of ether oxygens (including phenoxy) is 2. The molecule has 48 heavy (non-hydrogen) atoms. The van der Waals surface area contributed by atoms with Gasteiger partial charge in [-0.15, -0.1) is 0 Å². The quantitative estimate of drug-likeness (QED) is 0.122. The van der Waals surface area contributed by atoms with E-state index in [0.717, 1.165) is 21.3 Å². The summed E-state index contributed by atoms with van der Waals surface area (Å²) in [6, 6.07) is 14.7. The van der Waals surface area contributed by atoms with Crippen molar-refractivity contribution in [3.63, 3.8) is 0 Å². The first-order valence-corrected chi connectivity index (χ1v) is 15.2. The van der Waals surface area contributed by atoms with Crippen molar-refractivity contribution in [2.45, 2.75) is 52.0 Å². The van der Waals surface area contributed by atoms with Gasteiger partial charge in [0.25, 0.3) is 5.56 Å². The van der Waals surface area contributed by atoms with Crippen molar-refractivity contribution in [2.75, 3.05) is 27.3 Å². The molecule has 0 spiro atoms. The molecule has 0 saturated heterocycles. The monoisotopic (exact) mass is 673 g/mol. The number of likely N-dealkylation sites (N-methyl/N-ethyl adjacent to an activating group) is 1. The van der Waals surface area contributed by atoms with Crippen LogP contribution in [0.3, 0.4) is 0 Å². The predicted octanol–water partition coefficient (Wildman–Crippen LogP) is 6.36. The van der Waals surface area contributed by atoms with Crippen LogP contribution in [0, 0.1) is 18.6 Å². The van der Waals surface area contributed by atoms with Gasteiger partial charge in [0.2, 0.25) is 0 Å². The molecule has 4 rings (SSSR count). The fourth-order valence-corrected chi connectivity index (χ4v) is 5.67. The Hall–Kier alpha value is -4.78. The standard InChI is InChI=1S/C35H36F5N3O5/c1-5-48-30(44)18-11-19-41(3)28(23-12-7-6-8-13-23)21-43-33(45)31(24-14-9-17-29(47-4)32(24)37)22(2)42(34(43)46)20-25-26(35(38,39)40)15-10-16-27(25)36/h6-10,12-17,28H,5,11,18-21H2,1-4H3/t28-/m0/s1. The third kappa shape index (κ3) is 7.84. The van der Waals surface area contributed by atoms with Crippen LogP contribution in [-0.4, -0.2) is 47.3 Å².